The molecule has 2 aliphatic rings. The standard InChI is InChI=1S/C38H44N2O9/c1-39-13-11-23-18-34(47-5)30(41)20-26(23)28(39)17-25-8-10-33(46-4)37(43)38(25)49-36-16-22(7-9-32(36)45-3)15-29-27-21-31(42)35(48-6)19-24(27)12-14-40(29,2)44/h7-10,16,18-21,28-29,41-43H,11-15,17H2,1-6H3/t28-,29+,40?/m0/s1. The van der Waals surface area contributed by atoms with Gasteiger partial charge >= 0.3 is 0 Å². The van der Waals surface area contributed by atoms with Crippen LogP contribution in [-0.2, 0) is 25.7 Å². The van der Waals surface area contributed by atoms with Crippen LogP contribution in [-0.4, -0.2) is 80.5 Å². The highest BCUT2D eigenvalue weighted by Crippen LogP contribution is 2.47. The Labute approximate surface area is 286 Å². The highest BCUT2D eigenvalue weighted by Gasteiger charge is 2.35. The Balaban J connectivity index is 1.36. The summed E-state index contributed by atoms with van der Waals surface area (Å²) in [6.45, 7) is 1.18. The molecule has 0 bridgehead atoms. The Bertz CT molecular complexity index is 1860. The van der Waals surface area contributed by atoms with Crippen molar-refractivity contribution in [1.82, 2.24) is 4.90 Å². The van der Waals surface area contributed by atoms with E-state index in [1.807, 2.05) is 37.4 Å². The third-order valence-electron chi connectivity index (χ3n) is 10.0. The molecule has 3 atom stereocenters. The smallest absolute Gasteiger partial charge is 0.201 e. The van der Waals surface area contributed by atoms with E-state index in [0.717, 1.165) is 46.3 Å². The van der Waals surface area contributed by atoms with Crippen LogP contribution in [0.25, 0.3) is 0 Å². The van der Waals surface area contributed by atoms with Crippen molar-refractivity contribution in [2.75, 3.05) is 55.6 Å². The number of benzene rings is 4. The summed E-state index contributed by atoms with van der Waals surface area (Å²) >= 11 is 0. The van der Waals surface area contributed by atoms with Crippen molar-refractivity contribution in [1.29, 1.82) is 0 Å². The SMILES string of the molecule is COc1cc2c(cc1O)[C@@H](Cc1ccc(OC)c(Oc3c(C[C@H]4c5cc(O)c(OC)cc5CCN4C)ccc(OC)c3O)c1)[N+](C)([O-])CC2. The number of ether oxygens (including phenoxy) is 5. The third-order valence-corrected chi connectivity index (χ3v) is 10.0. The number of hydrogen-bond acceptors (Lipinski definition) is 10. The molecule has 11 heteroatoms. The van der Waals surface area contributed by atoms with Gasteiger partial charge in [-0.05, 0) is 84.6 Å². The van der Waals surface area contributed by atoms with Gasteiger partial charge in [-0.2, -0.15) is 0 Å². The maximum Gasteiger partial charge on any atom is 0.201 e. The second-order valence-electron chi connectivity index (χ2n) is 13.0. The van der Waals surface area contributed by atoms with Crippen LogP contribution in [0.5, 0.6) is 51.7 Å². The number of nitrogens with zero attached hydrogens (tertiary/aromatic N) is 2. The van der Waals surface area contributed by atoms with E-state index in [1.54, 1.807) is 38.4 Å². The lowest BCUT2D eigenvalue weighted by molar-refractivity contribution is -0.894. The van der Waals surface area contributed by atoms with Gasteiger partial charge in [0.05, 0.1) is 42.0 Å². The van der Waals surface area contributed by atoms with Gasteiger partial charge in [-0.3, -0.25) is 4.90 Å². The predicted octanol–water partition coefficient (Wildman–Crippen LogP) is 6.19. The van der Waals surface area contributed by atoms with Crippen LogP contribution in [0.3, 0.4) is 0 Å². The molecule has 0 saturated heterocycles. The van der Waals surface area contributed by atoms with E-state index in [0.29, 0.717) is 48.8 Å². The van der Waals surface area contributed by atoms with Crippen molar-refractivity contribution in [3.8, 4) is 51.7 Å². The monoisotopic (exact) mass is 672 g/mol. The largest absolute Gasteiger partial charge is 0.633 e. The molecule has 260 valence electrons. The molecule has 3 N–H and O–H groups in total. The highest BCUT2D eigenvalue weighted by atomic mass is 16.5. The molecule has 1 unspecified atom stereocenters. The van der Waals surface area contributed by atoms with Gasteiger partial charge in [-0.1, -0.05) is 12.1 Å². The molecule has 2 heterocycles. The van der Waals surface area contributed by atoms with E-state index in [1.165, 1.54) is 21.3 Å². The van der Waals surface area contributed by atoms with Crippen LogP contribution in [0.2, 0.25) is 0 Å². The van der Waals surface area contributed by atoms with Crippen molar-refractivity contribution in [3.05, 3.63) is 93.2 Å². The van der Waals surface area contributed by atoms with E-state index in [9.17, 15) is 20.5 Å². The molecule has 0 radical (unpaired) electrons. The molecule has 0 aliphatic carbocycles. The van der Waals surface area contributed by atoms with Crippen LogP contribution in [0.1, 0.15) is 45.5 Å². The molecule has 6 rings (SSSR count). The average molecular weight is 673 g/mol. The molecule has 0 saturated carbocycles. The fourth-order valence-corrected chi connectivity index (χ4v) is 7.19. The van der Waals surface area contributed by atoms with E-state index < -0.39 is 10.7 Å². The van der Waals surface area contributed by atoms with Crippen LogP contribution < -0.4 is 23.7 Å². The summed E-state index contributed by atoms with van der Waals surface area (Å²) in [6.07, 6.45) is 2.21. The maximum atomic E-state index is 13.8. The average Bonchev–Trinajstić information content (AvgIpc) is 3.08. The van der Waals surface area contributed by atoms with Gasteiger partial charge in [0, 0.05) is 36.6 Å². The number of rotatable bonds is 10. The Morgan fingerprint density at radius 2 is 1.35 bits per heavy atom. The number of quaternary nitrogens is 1. The molecule has 11 nitrogen and oxygen atoms in total. The van der Waals surface area contributed by atoms with E-state index in [-0.39, 0.29) is 34.8 Å². The molecule has 4 aromatic rings. The molecule has 4 aromatic carbocycles. The van der Waals surface area contributed by atoms with Crippen molar-refractivity contribution in [2.45, 2.75) is 37.8 Å². The number of aromatic hydroxyl groups is 3. The fraction of sp³-hybridized carbons (Fsp3) is 0.368. The molecule has 0 fully saturated rings. The number of likely N-dealkylation sites (N-methyl/N-ethyl adjacent to an activating group) is 2. The van der Waals surface area contributed by atoms with Gasteiger partial charge < -0.3 is 48.9 Å². The molecule has 0 amide bonds. The summed E-state index contributed by atoms with van der Waals surface area (Å²) in [5.74, 6) is 2.00. The third kappa shape index (κ3) is 6.49. The van der Waals surface area contributed by atoms with E-state index >= 15 is 0 Å². The van der Waals surface area contributed by atoms with Gasteiger partial charge in [0.25, 0.3) is 0 Å². The summed E-state index contributed by atoms with van der Waals surface area (Å²) in [5.41, 5.74) is 5.37. The highest BCUT2D eigenvalue weighted by molar-refractivity contribution is 5.59. The summed E-state index contributed by atoms with van der Waals surface area (Å²) in [4.78, 5) is 2.22. The lowest BCUT2D eigenvalue weighted by Gasteiger charge is -2.49. The van der Waals surface area contributed by atoms with Crippen LogP contribution in [0, 0.1) is 5.21 Å². The zero-order valence-corrected chi connectivity index (χ0v) is 28.8. The second-order valence-corrected chi connectivity index (χ2v) is 13.0. The van der Waals surface area contributed by atoms with Gasteiger partial charge in [0.2, 0.25) is 5.75 Å². The van der Waals surface area contributed by atoms with Gasteiger partial charge in [-0.25, -0.2) is 0 Å². The summed E-state index contributed by atoms with van der Waals surface area (Å²) in [6, 6.07) is 15.6. The van der Waals surface area contributed by atoms with E-state index in [4.69, 9.17) is 23.7 Å². The first kappa shape index (κ1) is 34.0. The van der Waals surface area contributed by atoms with Crippen molar-refractivity contribution >= 4 is 0 Å². The van der Waals surface area contributed by atoms with Crippen molar-refractivity contribution in [3.63, 3.8) is 0 Å². The fourth-order valence-electron chi connectivity index (χ4n) is 7.19. The maximum absolute atomic E-state index is 13.8. The van der Waals surface area contributed by atoms with Gasteiger partial charge in [0.1, 0.15) is 6.04 Å². The number of phenolic OH excluding ortho intramolecular Hbond substituents is 3. The molecular weight excluding hydrogens is 628 g/mol. The summed E-state index contributed by atoms with van der Waals surface area (Å²) in [5, 5.41) is 46.5. The predicted molar refractivity (Wildman–Crippen MR) is 184 cm³/mol. The zero-order chi connectivity index (χ0) is 35.0. The first-order valence-electron chi connectivity index (χ1n) is 16.3. The van der Waals surface area contributed by atoms with Gasteiger partial charge in [0.15, 0.2) is 46.0 Å². The first-order chi connectivity index (χ1) is 23.5. The molecule has 2 aliphatic heterocycles. The van der Waals surface area contributed by atoms with E-state index in [2.05, 4.69) is 4.90 Å². The topological polar surface area (TPSA) is 133 Å². The lowest BCUT2D eigenvalue weighted by atomic mass is 9.88. The minimum absolute atomic E-state index is 0.00600. The summed E-state index contributed by atoms with van der Waals surface area (Å²) < 4.78 is 27.9. The Morgan fingerprint density at radius 1 is 0.735 bits per heavy atom. The quantitative estimate of drug-likeness (QED) is 0.132. The van der Waals surface area contributed by atoms with Crippen molar-refractivity contribution < 1.29 is 43.7 Å². The number of hydrogen-bond donors (Lipinski definition) is 3. The van der Waals surface area contributed by atoms with Crippen molar-refractivity contribution in [2.24, 2.45) is 0 Å². The molecule has 0 spiro atoms. The summed E-state index contributed by atoms with van der Waals surface area (Å²) in [7, 11) is 9.76. The molecule has 49 heavy (non-hydrogen) atoms. The lowest BCUT2D eigenvalue weighted by Crippen LogP contribution is -2.47. The number of fused-ring (bicyclic) bond motifs is 2. The normalized spacial score (nSPS) is 20.2. The van der Waals surface area contributed by atoms with Crippen LogP contribution in [0.15, 0.2) is 54.6 Å². The Kier molecular flexibility index (Phi) is 9.43. The number of phenols is 3. The molecule has 0 aromatic heterocycles. The number of methoxy groups -OCH3 is 4. The Morgan fingerprint density at radius 3 is 2.00 bits per heavy atom. The second kappa shape index (κ2) is 13.6. The molecular formula is C38H44N2O9. The minimum Gasteiger partial charge on any atom is -0.633 e. The minimum atomic E-state index is -0.500. The van der Waals surface area contributed by atoms with Crippen LogP contribution in [0.4, 0.5) is 0 Å². The van der Waals surface area contributed by atoms with Crippen LogP contribution >= 0.6 is 0 Å². The zero-order valence-electron chi connectivity index (χ0n) is 28.8. The Hall–Kier alpha value is -4.84. The van der Waals surface area contributed by atoms with Gasteiger partial charge in [-0.15, -0.1) is 0 Å². The first-order valence-corrected chi connectivity index (χ1v) is 16.3. The number of hydroxylamine groups is 3.